The zero-order valence-electron chi connectivity index (χ0n) is 12.9. The quantitative estimate of drug-likeness (QED) is 0.749. The lowest BCUT2D eigenvalue weighted by molar-refractivity contribution is 0.0907. The maximum Gasteiger partial charge on any atom is 0.182 e. The highest BCUT2D eigenvalue weighted by Gasteiger charge is 2.28. The molecule has 0 radical (unpaired) electrons. The molecule has 4 rings (SSSR count). The number of piperidine rings is 1. The monoisotopic (exact) mass is 325 g/mol. The number of anilines is 1. The fourth-order valence-corrected chi connectivity index (χ4v) is 3.23. The van der Waals surface area contributed by atoms with E-state index in [1.54, 1.807) is 18.5 Å². The zero-order chi connectivity index (χ0) is 16.5. The van der Waals surface area contributed by atoms with Gasteiger partial charge >= 0.3 is 0 Å². The van der Waals surface area contributed by atoms with Crippen LogP contribution in [0, 0.1) is 11.7 Å². The Morgan fingerprint density at radius 3 is 2.88 bits per heavy atom. The van der Waals surface area contributed by atoms with Crippen LogP contribution < -0.4 is 4.90 Å². The van der Waals surface area contributed by atoms with Crippen molar-refractivity contribution in [3.8, 4) is 0 Å². The van der Waals surface area contributed by atoms with Crippen LogP contribution >= 0.6 is 0 Å². The van der Waals surface area contributed by atoms with Crippen molar-refractivity contribution in [2.75, 3.05) is 18.0 Å². The van der Waals surface area contributed by atoms with E-state index in [9.17, 15) is 9.18 Å². The third kappa shape index (κ3) is 2.62. The number of carbonyl (C=O) groups is 1. The molecule has 3 heterocycles. The molecule has 6 nitrogen and oxygen atoms in total. The van der Waals surface area contributed by atoms with E-state index < -0.39 is 0 Å². The van der Waals surface area contributed by atoms with Gasteiger partial charge in [0.25, 0.3) is 0 Å². The SMILES string of the molecule is O=C(c1ccc(F)cc1)[C@@H]1CCCN(c2ncnc3nc[nH]c23)C1. The second-order valence-corrected chi connectivity index (χ2v) is 5.95. The van der Waals surface area contributed by atoms with Gasteiger partial charge in [-0.3, -0.25) is 4.79 Å². The molecule has 1 saturated heterocycles. The smallest absolute Gasteiger partial charge is 0.182 e. The minimum absolute atomic E-state index is 0.0506. The van der Waals surface area contributed by atoms with Crippen LogP contribution in [0.15, 0.2) is 36.9 Å². The van der Waals surface area contributed by atoms with Crippen molar-refractivity contribution in [1.29, 1.82) is 0 Å². The van der Waals surface area contributed by atoms with Crippen molar-refractivity contribution in [3.63, 3.8) is 0 Å². The van der Waals surface area contributed by atoms with Crippen molar-refractivity contribution in [1.82, 2.24) is 19.9 Å². The molecule has 0 unspecified atom stereocenters. The summed E-state index contributed by atoms with van der Waals surface area (Å²) in [6.45, 7) is 1.42. The fourth-order valence-electron chi connectivity index (χ4n) is 3.23. The number of H-pyrrole nitrogens is 1. The number of rotatable bonds is 3. The molecule has 2 aromatic heterocycles. The number of Topliss-reactive ketones (excluding diaryl/α,β-unsaturated/α-hetero) is 1. The fraction of sp³-hybridized carbons (Fsp3) is 0.294. The van der Waals surface area contributed by atoms with E-state index in [0.29, 0.717) is 17.8 Å². The highest BCUT2D eigenvalue weighted by Crippen LogP contribution is 2.27. The lowest BCUT2D eigenvalue weighted by atomic mass is 9.90. The minimum atomic E-state index is -0.334. The molecule has 1 atom stereocenters. The van der Waals surface area contributed by atoms with Crippen LogP contribution in [0.1, 0.15) is 23.2 Å². The van der Waals surface area contributed by atoms with Gasteiger partial charge in [0.05, 0.1) is 6.33 Å². The van der Waals surface area contributed by atoms with E-state index in [0.717, 1.165) is 30.7 Å². The molecular weight excluding hydrogens is 309 g/mol. The molecule has 0 bridgehead atoms. The summed E-state index contributed by atoms with van der Waals surface area (Å²) >= 11 is 0. The molecule has 7 heteroatoms. The van der Waals surface area contributed by atoms with Gasteiger partial charge in [0.2, 0.25) is 0 Å². The predicted molar refractivity (Wildman–Crippen MR) is 87.4 cm³/mol. The van der Waals surface area contributed by atoms with Gasteiger partial charge in [-0.1, -0.05) is 0 Å². The standard InChI is InChI=1S/C17H16FN5O/c18-13-5-3-11(4-6-13)15(24)12-2-1-7-23(8-12)17-14-16(20-9-19-14)21-10-22-17/h3-6,9-10,12H,1-2,7-8H2,(H,19,20,21,22)/t12-/m1/s1. The van der Waals surface area contributed by atoms with Crippen LogP contribution in [0.5, 0.6) is 0 Å². The van der Waals surface area contributed by atoms with Crippen molar-refractivity contribution in [3.05, 3.63) is 48.3 Å². The Balaban J connectivity index is 1.58. The maximum atomic E-state index is 13.1. The maximum absolute atomic E-state index is 13.1. The number of halogens is 1. The van der Waals surface area contributed by atoms with Crippen LogP contribution in [0.3, 0.4) is 0 Å². The van der Waals surface area contributed by atoms with Crippen LogP contribution in [0.2, 0.25) is 0 Å². The highest BCUT2D eigenvalue weighted by atomic mass is 19.1. The summed E-state index contributed by atoms with van der Waals surface area (Å²) in [5.74, 6) is 0.361. The molecule has 1 fully saturated rings. The van der Waals surface area contributed by atoms with E-state index in [4.69, 9.17) is 0 Å². The number of carbonyl (C=O) groups excluding carboxylic acids is 1. The first-order valence-electron chi connectivity index (χ1n) is 7.91. The van der Waals surface area contributed by atoms with Gasteiger partial charge < -0.3 is 9.88 Å². The van der Waals surface area contributed by atoms with Gasteiger partial charge in [-0.2, -0.15) is 0 Å². The van der Waals surface area contributed by atoms with Crippen LogP contribution in [-0.4, -0.2) is 38.8 Å². The molecule has 1 aliphatic rings. The largest absolute Gasteiger partial charge is 0.354 e. The number of nitrogens with one attached hydrogen (secondary N) is 1. The Labute approximate surface area is 137 Å². The van der Waals surface area contributed by atoms with Gasteiger partial charge in [0.1, 0.15) is 17.7 Å². The summed E-state index contributed by atoms with van der Waals surface area (Å²) in [5, 5.41) is 0. The van der Waals surface area contributed by atoms with Gasteiger partial charge in [0, 0.05) is 24.6 Å². The van der Waals surface area contributed by atoms with Crippen molar-refractivity contribution < 1.29 is 9.18 Å². The molecule has 24 heavy (non-hydrogen) atoms. The van der Waals surface area contributed by atoms with Gasteiger partial charge in [0.15, 0.2) is 17.2 Å². The van der Waals surface area contributed by atoms with Gasteiger partial charge in [-0.15, -0.1) is 0 Å². The third-order valence-corrected chi connectivity index (χ3v) is 4.42. The van der Waals surface area contributed by atoms with E-state index in [2.05, 4.69) is 24.8 Å². The zero-order valence-corrected chi connectivity index (χ0v) is 12.9. The molecule has 1 aliphatic heterocycles. The lowest BCUT2D eigenvalue weighted by Gasteiger charge is -2.32. The molecule has 0 saturated carbocycles. The molecule has 3 aromatic rings. The Kier molecular flexibility index (Phi) is 3.68. The number of nitrogens with zero attached hydrogens (tertiary/aromatic N) is 4. The number of ketones is 1. The van der Waals surface area contributed by atoms with E-state index in [1.807, 2.05) is 0 Å². The number of aromatic amines is 1. The molecule has 1 aromatic carbocycles. The summed E-state index contributed by atoms with van der Waals surface area (Å²) in [6, 6.07) is 5.75. The number of fused-ring (bicyclic) bond motifs is 1. The molecule has 0 aliphatic carbocycles. The summed E-state index contributed by atoms with van der Waals surface area (Å²) in [6.07, 6.45) is 4.80. The van der Waals surface area contributed by atoms with Crippen LogP contribution in [0.25, 0.3) is 11.2 Å². The van der Waals surface area contributed by atoms with E-state index >= 15 is 0 Å². The second kappa shape index (κ2) is 5.99. The summed E-state index contributed by atoms with van der Waals surface area (Å²) < 4.78 is 13.1. The molecule has 122 valence electrons. The number of aromatic nitrogens is 4. The predicted octanol–water partition coefficient (Wildman–Crippen LogP) is 2.59. The topological polar surface area (TPSA) is 74.8 Å². The number of hydrogen-bond donors (Lipinski definition) is 1. The molecule has 1 N–H and O–H groups in total. The van der Waals surface area contributed by atoms with E-state index in [1.165, 1.54) is 18.5 Å². The normalized spacial score (nSPS) is 18.0. The third-order valence-electron chi connectivity index (χ3n) is 4.42. The highest BCUT2D eigenvalue weighted by molar-refractivity contribution is 5.98. The first-order chi connectivity index (χ1) is 11.7. The molecule has 0 spiro atoms. The number of imidazole rings is 1. The average molecular weight is 325 g/mol. The van der Waals surface area contributed by atoms with E-state index in [-0.39, 0.29) is 17.5 Å². The summed E-state index contributed by atoms with van der Waals surface area (Å²) in [4.78, 5) is 30.5. The summed E-state index contributed by atoms with van der Waals surface area (Å²) in [5.41, 5.74) is 1.96. The first kappa shape index (κ1) is 14.7. The molecular formula is C17H16FN5O. The first-order valence-corrected chi connectivity index (χ1v) is 7.91. The minimum Gasteiger partial charge on any atom is -0.354 e. The number of benzene rings is 1. The average Bonchev–Trinajstić information content (AvgIpc) is 3.10. The second-order valence-electron chi connectivity index (χ2n) is 5.95. The van der Waals surface area contributed by atoms with Crippen molar-refractivity contribution in [2.24, 2.45) is 5.92 Å². The Hall–Kier alpha value is -2.83. The lowest BCUT2D eigenvalue weighted by Crippen LogP contribution is -2.39. The van der Waals surface area contributed by atoms with Crippen molar-refractivity contribution in [2.45, 2.75) is 12.8 Å². The van der Waals surface area contributed by atoms with Crippen molar-refractivity contribution >= 4 is 22.8 Å². The Bertz CT molecular complexity index is 876. The summed E-state index contributed by atoms with van der Waals surface area (Å²) in [7, 11) is 0. The van der Waals surface area contributed by atoms with Gasteiger partial charge in [-0.25, -0.2) is 19.3 Å². The van der Waals surface area contributed by atoms with Crippen LogP contribution in [-0.2, 0) is 0 Å². The van der Waals surface area contributed by atoms with Gasteiger partial charge in [-0.05, 0) is 37.1 Å². The molecule has 0 amide bonds. The Morgan fingerprint density at radius 1 is 1.21 bits per heavy atom. The van der Waals surface area contributed by atoms with Crippen LogP contribution in [0.4, 0.5) is 10.2 Å². The Morgan fingerprint density at radius 2 is 2.04 bits per heavy atom. The number of hydrogen-bond acceptors (Lipinski definition) is 5.